The van der Waals surface area contributed by atoms with Crippen LogP contribution in [0.25, 0.3) is 0 Å². The Morgan fingerprint density at radius 2 is 1.89 bits per heavy atom. The molecule has 0 spiro atoms. The number of carbonyl (C=O) groups is 1. The van der Waals surface area contributed by atoms with Gasteiger partial charge in [-0.15, -0.1) is 11.3 Å². The summed E-state index contributed by atoms with van der Waals surface area (Å²) in [6.07, 6.45) is 0. The lowest BCUT2D eigenvalue weighted by Crippen LogP contribution is -2.53. The van der Waals surface area contributed by atoms with Gasteiger partial charge in [0.1, 0.15) is 5.75 Å². The van der Waals surface area contributed by atoms with Crippen LogP contribution in [-0.2, 0) is 11.3 Å². The van der Waals surface area contributed by atoms with Gasteiger partial charge in [-0.25, -0.2) is 0 Å². The molecule has 0 saturated carbocycles. The van der Waals surface area contributed by atoms with E-state index in [0.29, 0.717) is 0 Å². The number of benzene rings is 1. The van der Waals surface area contributed by atoms with Gasteiger partial charge in [-0.05, 0) is 31.4 Å². The molecule has 1 fully saturated rings. The highest BCUT2D eigenvalue weighted by molar-refractivity contribution is 7.09. The lowest BCUT2D eigenvalue weighted by molar-refractivity contribution is -0.127. The van der Waals surface area contributed by atoms with Gasteiger partial charge in [-0.2, -0.15) is 0 Å². The number of piperazine rings is 1. The Bertz CT molecular complexity index is 727. The molecule has 2 heterocycles. The van der Waals surface area contributed by atoms with Crippen LogP contribution in [0.5, 0.6) is 5.75 Å². The maximum absolute atomic E-state index is 12.8. The van der Waals surface area contributed by atoms with E-state index in [4.69, 9.17) is 4.74 Å². The number of methoxy groups -OCH3 is 1. The van der Waals surface area contributed by atoms with Gasteiger partial charge in [-0.3, -0.25) is 14.6 Å². The van der Waals surface area contributed by atoms with Crippen molar-refractivity contribution >= 4 is 17.2 Å². The van der Waals surface area contributed by atoms with Gasteiger partial charge in [0.15, 0.2) is 0 Å². The molecule has 5 nitrogen and oxygen atoms in total. The Morgan fingerprint density at radius 1 is 1.15 bits per heavy atom. The monoisotopic (exact) mass is 387 g/mol. The summed E-state index contributed by atoms with van der Waals surface area (Å²) in [5, 5.41) is 5.27. The number of amides is 1. The molecule has 2 unspecified atom stereocenters. The van der Waals surface area contributed by atoms with Crippen LogP contribution in [0.15, 0.2) is 41.8 Å². The fourth-order valence-electron chi connectivity index (χ4n) is 3.53. The molecule has 2 aromatic rings. The molecule has 0 radical (unpaired) electrons. The van der Waals surface area contributed by atoms with E-state index in [1.807, 2.05) is 38.1 Å². The molecule has 3 rings (SSSR count). The highest BCUT2D eigenvalue weighted by atomic mass is 32.1. The molecule has 1 saturated heterocycles. The molecule has 1 aliphatic heterocycles. The molecule has 0 bridgehead atoms. The number of ether oxygens (including phenoxy) is 1. The van der Waals surface area contributed by atoms with E-state index >= 15 is 0 Å². The number of thiophene rings is 1. The summed E-state index contributed by atoms with van der Waals surface area (Å²) in [6, 6.07) is 11.9. The van der Waals surface area contributed by atoms with E-state index in [0.717, 1.165) is 44.0 Å². The molecule has 6 heteroatoms. The van der Waals surface area contributed by atoms with E-state index in [1.54, 1.807) is 18.4 Å². The van der Waals surface area contributed by atoms with Crippen LogP contribution in [-0.4, -0.2) is 55.0 Å². The van der Waals surface area contributed by atoms with Crippen molar-refractivity contribution in [1.29, 1.82) is 0 Å². The van der Waals surface area contributed by atoms with Gasteiger partial charge in [0.25, 0.3) is 0 Å². The van der Waals surface area contributed by atoms with Gasteiger partial charge < -0.3 is 10.1 Å². The fourth-order valence-corrected chi connectivity index (χ4v) is 4.28. The summed E-state index contributed by atoms with van der Waals surface area (Å²) in [7, 11) is 1.66. The summed E-state index contributed by atoms with van der Waals surface area (Å²) in [5.41, 5.74) is 1.00. The summed E-state index contributed by atoms with van der Waals surface area (Å²) in [5.74, 6) is 0.875. The van der Waals surface area contributed by atoms with Crippen LogP contribution in [0, 0.1) is 0 Å². The van der Waals surface area contributed by atoms with Crippen LogP contribution < -0.4 is 10.1 Å². The lowest BCUT2D eigenvalue weighted by Gasteiger charge is -2.37. The highest BCUT2D eigenvalue weighted by Crippen LogP contribution is 2.24. The van der Waals surface area contributed by atoms with Crippen molar-refractivity contribution in [1.82, 2.24) is 15.1 Å². The maximum Gasteiger partial charge on any atom is 0.237 e. The molecule has 0 aliphatic carbocycles. The molecule has 146 valence electrons. The van der Waals surface area contributed by atoms with Crippen molar-refractivity contribution in [2.75, 3.05) is 33.3 Å². The van der Waals surface area contributed by atoms with Crippen molar-refractivity contribution in [3.8, 4) is 5.75 Å². The highest BCUT2D eigenvalue weighted by Gasteiger charge is 2.27. The van der Waals surface area contributed by atoms with Crippen LogP contribution in [0.3, 0.4) is 0 Å². The first-order chi connectivity index (χ1) is 13.1. The van der Waals surface area contributed by atoms with Gasteiger partial charge in [0.05, 0.1) is 19.2 Å². The second-order valence-electron chi connectivity index (χ2n) is 7.04. The molecule has 1 aromatic carbocycles. The molecule has 1 N–H and O–H groups in total. The number of hydrogen-bond acceptors (Lipinski definition) is 5. The molecule has 1 aliphatic rings. The quantitative estimate of drug-likeness (QED) is 0.793. The molecule has 1 amide bonds. The Labute approximate surface area is 165 Å². The standard InChI is InChI=1S/C21H29N3O2S/c1-16(19-8-4-5-9-20(19)26-3)22-21(25)17(2)24-12-10-23(11-13-24)15-18-7-6-14-27-18/h4-9,14,16-17H,10-13,15H2,1-3H3,(H,22,25). The second-order valence-corrected chi connectivity index (χ2v) is 8.07. The zero-order chi connectivity index (χ0) is 19.2. The van der Waals surface area contributed by atoms with E-state index < -0.39 is 0 Å². The van der Waals surface area contributed by atoms with E-state index in [2.05, 4.69) is 32.6 Å². The first-order valence-corrected chi connectivity index (χ1v) is 10.4. The van der Waals surface area contributed by atoms with Crippen LogP contribution >= 0.6 is 11.3 Å². The van der Waals surface area contributed by atoms with Crippen molar-refractivity contribution in [2.24, 2.45) is 0 Å². The number of para-hydroxylation sites is 1. The topological polar surface area (TPSA) is 44.8 Å². The molecule has 27 heavy (non-hydrogen) atoms. The van der Waals surface area contributed by atoms with E-state index in [9.17, 15) is 4.79 Å². The third-order valence-corrected chi connectivity index (χ3v) is 6.12. The van der Waals surface area contributed by atoms with Crippen molar-refractivity contribution < 1.29 is 9.53 Å². The van der Waals surface area contributed by atoms with Crippen LogP contribution in [0.4, 0.5) is 0 Å². The first kappa shape index (κ1) is 19.9. The van der Waals surface area contributed by atoms with E-state index in [-0.39, 0.29) is 18.0 Å². The van der Waals surface area contributed by atoms with Crippen LogP contribution in [0.1, 0.15) is 30.3 Å². The average Bonchev–Trinajstić information content (AvgIpc) is 3.21. The minimum Gasteiger partial charge on any atom is -0.496 e. The van der Waals surface area contributed by atoms with Gasteiger partial charge >= 0.3 is 0 Å². The largest absolute Gasteiger partial charge is 0.496 e. The minimum absolute atomic E-state index is 0.0695. The SMILES string of the molecule is COc1ccccc1C(C)NC(=O)C(C)N1CCN(Cc2cccs2)CC1. The van der Waals surface area contributed by atoms with Crippen molar-refractivity contribution in [2.45, 2.75) is 32.5 Å². The Kier molecular flexibility index (Phi) is 6.88. The number of rotatable bonds is 7. The maximum atomic E-state index is 12.8. The number of nitrogens with one attached hydrogen (secondary N) is 1. The smallest absolute Gasteiger partial charge is 0.237 e. The summed E-state index contributed by atoms with van der Waals surface area (Å²) < 4.78 is 5.41. The zero-order valence-electron chi connectivity index (χ0n) is 16.4. The van der Waals surface area contributed by atoms with E-state index in [1.165, 1.54) is 4.88 Å². The second kappa shape index (κ2) is 9.35. The Hall–Kier alpha value is -1.89. The lowest BCUT2D eigenvalue weighted by atomic mass is 10.1. The average molecular weight is 388 g/mol. The van der Waals surface area contributed by atoms with Crippen molar-refractivity contribution in [3.63, 3.8) is 0 Å². The molecular formula is C21H29N3O2S. The van der Waals surface area contributed by atoms with Crippen molar-refractivity contribution in [3.05, 3.63) is 52.2 Å². The summed E-state index contributed by atoms with van der Waals surface area (Å²) in [6.45, 7) is 8.85. The molecule has 1 aromatic heterocycles. The summed E-state index contributed by atoms with van der Waals surface area (Å²) in [4.78, 5) is 18.9. The molecular weight excluding hydrogens is 358 g/mol. The Balaban J connectivity index is 1.50. The normalized spacial score (nSPS) is 18.0. The number of nitrogens with zero attached hydrogens (tertiary/aromatic N) is 2. The number of hydrogen-bond donors (Lipinski definition) is 1. The third kappa shape index (κ3) is 5.09. The first-order valence-electron chi connectivity index (χ1n) is 9.50. The van der Waals surface area contributed by atoms with Gasteiger partial charge in [0.2, 0.25) is 5.91 Å². The fraction of sp³-hybridized carbons (Fsp3) is 0.476. The predicted octanol–water partition coefficient (Wildman–Crippen LogP) is 3.14. The minimum atomic E-state index is -0.133. The third-order valence-electron chi connectivity index (χ3n) is 5.26. The predicted molar refractivity (Wildman–Crippen MR) is 110 cm³/mol. The van der Waals surface area contributed by atoms with Gasteiger partial charge in [-0.1, -0.05) is 24.3 Å². The number of carbonyl (C=O) groups excluding carboxylic acids is 1. The van der Waals surface area contributed by atoms with Gasteiger partial charge in [0, 0.05) is 43.2 Å². The zero-order valence-corrected chi connectivity index (χ0v) is 17.2. The Morgan fingerprint density at radius 3 is 2.56 bits per heavy atom. The van der Waals surface area contributed by atoms with Crippen LogP contribution in [0.2, 0.25) is 0 Å². The summed E-state index contributed by atoms with van der Waals surface area (Å²) >= 11 is 1.81. The molecule has 2 atom stereocenters.